The van der Waals surface area contributed by atoms with E-state index in [0.717, 1.165) is 16.5 Å². The molecule has 0 fully saturated rings. The molecule has 0 radical (unpaired) electrons. The van der Waals surface area contributed by atoms with Crippen LogP contribution in [0.3, 0.4) is 0 Å². The summed E-state index contributed by atoms with van der Waals surface area (Å²) in [6.07, 6.45) is 2.50. The Labute approximate surface area is 232 Å². The van der Waals surface area contributed by atoms with E-state index in [9.17, 15) is 24.3 Å². The van der Waals surface area contributed by atoms with Gasteiger partial charge in [-0.05, 0) is 30.4 Å². The molecule has 214 valence electrons. The number of amides is 3. The van der Waals surface area contributed by atoms with E-state index in [-0.39, 0.29) is 24.1 Å². The molecule has 11 N–H and O–H groups in total. The zero-order valence-corrected chi connectivity index (χ0v) is 22.9. The third kappa shape index (κ3) is 9.48. The van der Waals surface area contributed by atoms with Gasteiger partial charge in [-0.25, -0.2) is 4.79 Å². The van der Waals surface area contributed by atoms with Crippen molar-refractivity contribution in [3.8, 4) is 0 Å². The molecule has 2 rings (SSSR count). The van der Waals surface area contributed by atoms with Gasteiger partial charge in [0.2, 0.25) is 17.7 Å². The summed E-state index contributed by atoms with van der Waals surface area (Å²) in [7, 11) is 0. The van der Waals surface area contributed by atoms with Gasteiger partial charge in [-0.3, -0.25) is 19.4 Å². The molecule has 13 nitrogen and oxygen atoms in total. The van der Waals surface area contributed by atoms with Gasteiger partial charge in [-0.2, -0.15) is 12.6 Å². The van der Waals surface area contributed by atoms with Crippen LogP contribution in [0.5, 0.6) is 0 Å². The number of aromatic nitrogens is 1. The number of guanidine groups is 1. The summed E-state index contributed by atoms with van der Waals surface area (Å²) in [5.41, 5.74) is 18.1. The van der Waals surface area contributed by atoms with Gasteiger partial charge < -0.3 is 43.2 Å². The van der Waals surface area contributed by atoms with Crippen LogP contribution < -0.4 is 33.2 Å². The zero-order valence-electron chi connectivity index (χ0n) is 22.0. The Kier molecular flexibility index (Phi) is 12.1. The fourth-order valence-corrected chi connectivity index (χ4v) is 4.15. The van der Waals surface area contributed by atoms with Crippen molar-refractivity contribution in [3.63, 3.8) is 0 Å². The standard InChI is InChI=1S/C25H38N8O5S/c1-13(2)20(33-21(34)16(26)7-5-9-29-25(27)28)23(36)32-19(12-39)22(35)31-18(24(37)38)10-14-11-30-17-8-4-3-6-15(14)17/h3-4,6,8,11,13,16,18-20,30,39H,5,7,9-10,12,26H2,1-2H3,(H,31,35)(H,32,36)(H,33,34)(H,37,38)(H4,27,28,29). The van der Waals surface area contributed by atoms with Gasteiger partial charge in [0.15, 0.2) is 5.96 Å². The van der Waals surface area contributed by atoms with Crippen LogP contribution in [-0.2, 0) is 25.6 Å². The first kappa shape index (κ1) is 31.4. The minimum atomic E-state index is -1.24. The molecule has 0 saturated heterocycles. The molecule has 1 heterocycles. The lowest BCUT2D eigenvalue weighted by Crippen LogP contribution is -2.59. The number of fused-ring (bicyclic) bond motifs is 1. The van der Waals surface area contributed by atoms with Gasteiger partial charge in [-0.1, -0.05) is 32.0 Å². The van der Waals surface area contributed by atoms with E-state index in [1.165, 1.54) is 0 Å². The number of H-pyrrole nitrogens is 1. The maximum absolute atomic E-state index is 13.0. The minimum absolute atomic E-state index is 0.0318. The van der Waals surface area contributed by atoms with Crippen molar-refractivity contribution in [2.24, 2.45) is 28.1 Å². The number of carboxylic acids is 1. The second-order valence-corrected chi connectivity index (χ2v) is 9.86. The van der Waals surface area contributed by atoms with Crippen molar-refractivity contribution in [3.05, 3.63) is 36.0 Å². The van der Waals surface area contributed by atoms with Gasteiger partial charge in [0, 0.05) is 35.8 Å². The lowest BCUT2D eigenvalue weighted by Gasteiger charge is -2.26. The average molecular weight is 563 g/mol. The van der Waals surface area contributed by atoms with Gasteiger partial charge in [0.05, 0.1) is 6.04 Å². The monoisotopic (exact) mass is 562 g/mol. The fourth-order valence-electron chi connectivity index (χ4n) is 3.89. The van der Waals surface area contributed by atoms with E-state index in [0.29, 0.717) is 19.4 Å². The molecule has 1 aromatic heterocycles. The number of thiol groups is 1. The molecular formula is C25H38N8O5S. The predicted octanol–water partition coefficient (Wildman–Crippen LogP) is -0.784. The smallest absolute Gasteiger partial charge is 0.326 e. The van der Waals surface area contributed by atoms with Crippen molar-refractivity contribution in [1.29, 1.82) is 0 Å². The summed E-state index contributed by atoms with van der Waals surface area (Å²) in [5.74, 6) is -3.58. The molecule has 4 atom stereocenters. The van der Waals surface area contributed by atoms with Crippen LogP contribution >= 0.6 is 12.6 Å². The Morgan fingerprint density at radius 2 is 1.69 bits per heavy atom. The summed E-state index contributed by atoms with van der Waals surface area (Å²) < 4.78 is 0. The number of carboxylic acid groups (broad SMARTS) is 1. The highest BCUT2D eigenvalue weighted by Gasteiger charge is 2.31. The Morgan fingerprint density at radius 1 is 1.03 bits per heavy atom. The Hall–Kier alpha value is -3.78. The number of carbonyl (C=O) groups excluding carboxylic acids is 3. The minimum Gasteiger partial charge on any atom is -0.480 e. The third-order valence-electron chi connectivity index (χ3n) is 6.08. The molecule has 14 heteroatoms. The number of hydrogen-bond acceptors (Lipinski definition) is 7. The van der Waals surface area contributed by atoms with Gasteiger partial charge in [0.25, 0.3) is 0 Å². The summed E-state index contributed by atoms with van der Waals surface area (Å²) in [5, 5.41) is 18.3. The Morgan fingerprint density at radius 3 is 2.31 bits per heavy atom. The van der Waals surface area contributed by atoms with Crippen LogP contribution in [0.4, 0.5) is 0 Å². The summed E-state index contributed by atoms with van der Waals surface area (Å²) in [6, 6.07) is 3.15. The van der Waals surface area contributed by atoms with Gasteiger partial charge in [0.1, 0.15) is 18.1 Å². The van der Waals surface area contributed by atoms with Crippen molar-refractivity contribution in [2.75, 3.05) is 12.3 Å². The maximum atomic E-state index is 13.0. The number of aromatic amines is 1. The van der Waals surface area contributed by atoms with E-state index < -0.39 is 47.9 Å². The largest absolute Gasteiger partial charge is 0.480 e. The first-order valence-electron chi connectivity index (χ1n) is 12.5. The number of nitrogens with one attached hydrogen (secondary N) is 4. The summed E-state index contributed by atoms with van der Waals surface area (Å²) in [6.45, 7) is 3.77. The number of para-hydroxylation sites is 1. The van der Waals surface area contributed by atoms with Crippen LogP contribution in [0.15, 0.2) is 35.5 Å². The second kappa shape index (κ2) is 15.0. The SMILES string of the molecule is CC(C)C(NC(=O)C(N)CCCN=C(N)N)C(=O)NC(CS)C(=O)NC(Cc1c[nH]c2ccccc12)C(=O)O. The number of hydrogen-bond donors (Lipinski definition) is 9. The van der Waals surface area contributed by atoms with Crippen molar-refractivity contribution >= 4 is 53.2 Å². The number of aliphatic imine (C=N–C) groups is 1. The molecule has 2 aromatic rings. The number of nitrogens with two attached hydrogens (primary N) is 3. The first-order chi connectivity index (χ1) is 18.4. The molecule has 0 aliphatic heterocycles. The summed E-state index contributed by atoms with van der Waals surface area (Å²) >= 11 is 4.16. The van der Waals surface area contributed by atoms with Crippen LogP contribution in [-0.4, -0.2) is 76.2 Å². The second-order valence-electron chi connectivity index (χ2n) is 9.49. The van der Waals surface area contributed by atoms with Crippen LogP contribution in [0.1, 0.15) is 32.3 Å². The quantitative estimate of drug-likeness (QED) is 0.0577. The predicted molar refractivity (Wildman–Crippen MR) is 152 cm³/mol. The molecule has 0 spiro atoms. The summed E-state index contributed by atoms with van der Waals surface area (Å²) in [4.78, 5) is 57.4. The molecule has 0 saturated carbocycles. The topological polar surface area (TPSA) is 231 Å². The third-order valence-corrected chi connectivity index (χ3v) is 6.45. The van der Waals surface area contributed by atoms with Crippen LogP contribution in [0.2, 0.25) is 0 Å². The molecular weight excluding hydrogens is 524 g/mol. The Balaban J connectivity index is 2.01. The van der Waals surface area contributed by atoms with E-state index in [4.69, 9.17) is 17.2 Å². The number of benzene rings is 1. The van der Waals surface area contributed by atoms with Crippen molar-refractivity contribution < 1.29 is 24.3 Å². The molecule has 4 unspecified atom stereocenters. The number of rotatable bonds is 15. The number of aliphatic carboxylic acids is 1. The molecule has 3 amide bonds. The zero-order chi connectivity index (χ0) is 29.1. The number of carbonyl (C=O) groups is 4. The van der Waals surface area contributed by atoms with E-state index >= 15 is 0 Å². The van der Waals surface area contributed by atoms with Crippen LogP contribution in [0.25, 0.3) is 10.9 Å². The molecule has 39 heavy (non-hydrogen) atoms. The van der Waals surface area contributed by atoms with Crippen LogP contribution in [0, 0.1) is 5.92 Å². The van der Waals surface area contributed by atoms with Gasteiger partial charge in [-0.15, -0.1) is 0 Å². The highest BCUT2D eigenvalue weighted by molar-refractivity contribution is 7.80. The highest BCUT2D eigenvalue weighted by atomic mass is 32.1. The number of nitrogens with zero attached hydrogens (tertiary/aromatic N) is 1. The molecule has 0 bridgehead atoms. The Bertz CT molecular complexity index is 1180. The maximum Gasteiger partial charge on any atom is 0.326 e. The van der Waals surface area contributed by atoms with Gasteiger partial charge >= 0.3 is 5.97 Å². The van der Waals surface area contributed by atoms with Crippen molar-refractivity contribution in [2.45, 2.75) is 57.3 Å². The fraction of sp³-hybridized carbons (Fsp3) is 0.480. The van der Waals surface area contributed by atoms with E-state index in [1.54, 1.807) is 20.0 Å². The lowest BCUT2D eigenvalue weighted by molar-refractivity contribution is -0.142. The lowest BCUT2D eigenvalue weighted by atomic mass is 10.0. The molecule has 0 aliphatic rings. The normalized spacial score (nSPS) is 14.2. The van der Waals surface area contributed by atoms with E-state index in [1.807, 2.05) is 24.3 Å². The first-order valence-corrected chi connectivity index (χ1v) is 13.2. The highest BCUT2D eigenvalue weighted by Crippen LogP contribution is 2.19. The average Bonchev–Trinajstić information content (AvgIpc) is 3.29. The molecule has 0 aliphatic carbocycles. The van der Waals surface area contributed by atoms with Crippen molar-refractivity contribution in [1.82, 2.24) is 20.9 Å². The van der Waals surface area contributed by atoms with E-state index in [2.05, 4.69) is 38.6 Å². The molecule has 1 aromatic carbocycles.